The van der Waals surface area contributed by atoms with Crippen molar-refractivity contribution in [3.05, 3.63) is 18.0 Å². The normalized spacial score (nSPS) is 26.4. The summed E-state index contributed by atoms with van der Waals surface area (Å²) >= 11 is 0. The van der Waals surface area contributed by atoms with Gasteiger partial charge in [0.05, 0.1) is 25.5 Å². The third-order valence-corrected chi connectivity index (χ3v) is 2.74. The van der Waals surface area contributed by atoms with Crippen molar-refractivity contribution >= 4 is 0 Å². The van der Waals surface area contributed by atoms with E-state index in [2.05, 4.69) is 5.10 Å². The summed E-state index contributed by atoms with van der Waals surface area (Å²) in [5.74, 6) is 0. The van der Waals surface area contributed by atoms with E-state index in [9.17, 15) is 4.39 Å². The van der Waals surface area contributed by atoms with Crippen molar-refractivity contribution in [2.24, 2.45) is 7.05 Å². The summed E-state index contributed by atoms with van der Waals surface area (Å²) in [6.07, 6.45) is 2.88. The molecule has 0 radical (unpaired) electrons. The van der Waals surface area contributed by atoms with Crippen LogP contribution in [-0.4, -0.2) is 47.2 Å². The fraction of sp³-hybridized carbons (Fsp3) is 0.700. The zero-order chi connectivity index (χ0) is 10.8. The first-order valence-corrected chi connectivity index (χ1v) is 5.06. The van der Waals surface area contributed by atoms with Gasteiger partial charge in [-0.3, -0.25) is 9.58 Å². The highest BCUT2D eigenvalue weighted by molar-refractivity contribution is 5.04. The second kappa shape index (κ2) is 4.28. The molecule has 15 heavy (non-hydrogen) atoms. The van der Waals surface area contributed by atoms with E-state index in [0.717, 1.165) is 5.56 Å². The van der Waals surface area contributed by atoms with Gasteiger partial charge in [-0.15, -0.1) is 0 Å². The van der Waals surface area contributed by atoms with Gasteiger partial charge in [-0.2, -0.15) is 5.10 Å². The fourth-order valence-electron chi connectivity index (χ4n) is 1.88. The SMILES string of the molecule is CN(Cc1cnn(C)c1)C1COCC1F. The summed E-state index contributed by atoms with van der Waals surface area (Å²) < 4.78 is 20.2. The van der Waals surface area contributed by atoms with Gasteiger partial charge in [-0.05, 0) is 7.05 Å². The number of likely N-dealkylation sites (N-methyl/N-ethyl adjacent to an activating group) is 1. The van der Waals surface area contributed by atoms with Crippen LogP contribution in [0.1, 0.15) is 5.56 Å². The van der Waals surface area contributed by atoms with E-state index >= 15 is 0 Å². The topological polar surface area (TPSA) is 30.3 Å². The van der Waals surface area contributed by atoms with Crippen LogP contribution >= 0.6 is 0 Å². The minimum Gasteiger partial charge on any atom is -0.377 e. The van der Waals surface area contributed by atoms with Crippen molar-refractivity contribution in [1.82, 2.24) is 14.7 Å². The summed E-state index contributed by atoms with van der Waals surface area (Å²) in [7, 11) is 3.79. The van der Waals surface area contributed by atoms with Crippen molar-refractivity contribution in [3.8, 4) is 0 Å². The quantitative estimate of drug-likeness (QED) is 0.736. The molecule has 1 aromatic rings. The number of nitrogens with zero attached hydrogens (tertiary/aromatic N) is 3. The monoisotopic (exact) mass is 213 g/mol. The van der Waals surface area contributed by atoms with Gasteiger partial charge in [0.25, 0.3) is 0 Å². The number of aryl methyl sites for hydroxylation is 1. The molecule has 0 aromatic carbocycles. The molecule has 0 saturated carbocycles. The average molecular weight is 213 g/mol. The van der Waals surface area contributed by atoms with E-state index in [1.54, 1.807) is 10.9 Å². The smallest absolute Gasteiger partial charge is 0.141 e. The van der Waals surface area contributed by atoms with E-state index in [4.69, 9.17) is 4.74 Å². The number of aromatic nitrogens is 2. The number of rotatable bonds is 3. The highest BCUT2D eigenvalue weighted by atomic mass is 19.1. The Balaban J connectivity index is 1.94. The van der Waals surface area contributed by atoms with Crippen LogP contribution in [0.2, 0.25) is 0 Å². The second-order valence-corrected chi connectivity index (χ2v) is 4.06. The first kappa shape index (κ1) is 10.6. The first-order chi connectivity index (χ1) is 7.16. The van der Waals surface area contributed by atoms with E-state index in [-0.39, 0.29) is 12.6 Å². The average Bonchev–Trinajstić information content (AvgIpc) is 2.75. The van der Waals surface area contributed by atoms with E-state index in [1.165, 1.54) is 0 Å². The minimum atomic E-state index is -0.869. The van der Waals surface area contributed by atoms with E-state index in [0.29, 0.717) is 13.2 Å². The Labute approximate surface area is 88.6 Å². The number of alkyl halides is 1. The standard InChI is InChI=1S/C10H16FN3O/c1-13(10-7-15-6-9(10)11)4-8-3-12-14(2)5-8/h3,5,9-10H,4,6-7H2,1-2H3. The van der Waals surface area contributed by atoms with Gasteiger partial charge < -0.3 is 4.74 Å². The predicted molar refractivity (Wildman–Crippen MR) is 54.2 cm³/mol. The molecule has 2 atom stereocenters. The fourth-order valence-corrected chi connectivity index (χ4v) is 1.88. The third-order valence-electron chi connectivity index (χ3n) is 2.74. The van der Waals surface area contributed by atoms with Crippen LogP contribution in [0.4, 0.5) is 4.39 Å². The molecule has 1 aromatic heterocycles. The van der Waals surface area contributed by atoms with Gasteiger partial charge in [0.1, 0.15) is 6.17 Å². The maximum atomic E-state index is 13.4. The third kappa shape index (κ3) is 2.35. The molecule has 1 aliphatic heterocycles. The Bertz CT molecular complexity index is 328. The molecule has 5 heteroatoms. The van der Waals surface area contributed by atoms with Gasteiger partial charge in [-0.25, -0.2) is 4.39 Å². The molecule has 0 spiro atoms. The summed E-state index contributed by atoms with van der Waals surface area (Å²) in [6.45, 7) is 1.42. The molecule has 0 N–H and O–H groups in total. The summed E-state index contributed by atoms with van der Waals surface area (Å²) in [4.78, 5) is 1.98. The largest absolute Gasteiger partial charge is 0.377 e. The van der Waals surface area contributed by atoms with Crippen LogP contribution in [-0.2, 0) is 18.3 Å². The second-order valence-electron chi connectivity index (χ2n) is 4.06. The number of hydrogen-bond acceptors (Lipinski definition) is 3. The molecule has 1 aliphatic rings. The van der Waals surface area contributed by atoms with Gasteiger partial charge in [0.15, 0.2) is 0 Å². The Morgan fingerprint density at radius 1 is 1.67 bits per heavy atom. The zero-order valence-electron chi connectivity index (χ0n) is 9.06. The van der Waals surface area contributed by atoms with E-state index in [1.807, 2.05) is 25.2 Å². The highest BCUT2D eigenvalue weighted by Crippen LogP contribution is 2.16. The van der Waals surface area contributed by atoms with Crippen molar-refractivity contribution in [3.63, 3.8) is 0 Å². The number of halogens is 1. The highest BCUT2D eigenvalue weighted by Gasteiger charge is 2.31. The molecular weight excluding hydrogens is 197 g/mol. The lowest BCUT2D eigenvalue weighted by molar-refractivity contribution is 0.154. The molecule has 0 amide bonds. The molecule has 1 fully saturated rings. The van der Waals surface area contributed by atoms with Crippen molar-refractivity contribution in [2.75, 3.05) is 20.3 Å². The molecule has 4 nitrogen and oxygen atoms in total. The Kier molecular flexibility index (Phi) is 3.02. The van der Waals surface area contributed by atoms with Gasteiger partial charge in [-0.1, -0.05) is 0 Å². The molecule has 0 aliphatic carbocycles. The molecule has 2 unspecified atom stereocenters. The van der Waals surface area contributed by atoms with Crippen LogP contribution in [0.15, 0.2) is 12.4 Å². The Morgan fingerprint density at radius 3 is 3.00 bits per heavy atom. The minimum absolute atomic E-state index is 0.120. The summed E-state index contributed by atoms with van der Waals surface area (Å²) in [5.41, 5.74) is 1.10. The van der Waals surface area contributed by atoms with Crippen molar-refractivity contribution < 1.29 is 9.13 Å². The van der Waals surface area contributed by atoms with Crippen molar-refractivity contribution in [1.29, 1.82) is 0 Å². The molecule has 2 rings (SSSR count). The maximum Gasteiger partial charge on any atom is 0.141 e. The van der Waals surface area contributed by atoms with Crippen LogP contribution in [0.3, 0.4) is 0 Å². The number of hydrogen-bond donors (Lipinski definition) is 0. The number of ether oxygens (including phenoxy) is 1. The lowest BCUT2D eigenvalue weighted by Gasteiger charge is -2.23. The van der Waals surface area contributed by atoms with Crippen LogP contribution in [0, 0.1) is 0 Å². The zero-order valence-corrected chi connectivity index (χ0v) is 9.06. The summed E-state index contributed by atoms with van der Waals surface area (Å²) in [5, 5.41) is 4.08. The molecular formula is C10H16FN3O. The predicted octanol–water partition coefficient (Wildman–Crippen LogP) is 0.589. The summed E-state index contributed by atoms with van der Waals surface area (Å²) in [6, 6.07) is -0.120. The molecule has 84 valence electrons. The molecule has 0 bridgehead atoms. The van der Waals surface area contributed by atoms with Gasteiger partial charge in [0.2, 0.25) is 0 Å². The van der Waals surface area contributed by atoms with Crippen molar-refractivity contribution in [2.45, 2.75) is 18.8 Å². The molecule has 2 heterocycles. The van der Waals surface area contributed by atoms with Crippen LogP contribution in [0.25, 0.3) is 0 Å². The van der Waals surface area contributed by atoms with Crippen LogP contribution < -0.4 is 0 Å². The lowest BCUT2D eigenvalue weighted by atomic mass is 10.2. The molecule has 1 saturated heterocycles. The van der Waals surface area contributed by atoms with Gasteiger partial charge in [0, 0.05) is 25.4 Å². The lowest BCUT2D eigenvalue weighted by Crippen LogP contribution is -2.37. The van der Waals surface area contributed by atoms with Gasteiger partial charge >= 0.3 is 0 Å². The van der Waals surface area contributed by atoms with Crippen LogP contribution in [0.5, 0.6) is 0 Å². The first-order valence-electron chi connectivity index (χ1n) is 5.06. The Morgan fingerprint density at radius 2 is 2.47 bits per heavy atom. The van der Waals surface area contributed by atoms with E-state index < -0.39 is 6.17 Å². The Hall–Kier alpha value is -0.940. The maximum absolute atomic E-state index is 13.4.